The summed E-state index contributed by atoms with van der Waals surface area (Å²) in [6.07, 6.45) is 0.744. The van der Waals surface area contributed by atoms with E-state index in [2.05, 4.69) is 10.6 Å². The van der Waals surface area contributed by atoms with Gasteiger partial charge in [0.05, 0.1) is 0 Å². The van der Waals surface area contributed by atoms with Gasteiger partial charge < -0.3 is 10.6 Å². The lowest BCUT2D eigenvalue weighted by Gasteiger charge is -2.11. The highest BCUT2D eigenvalue weighted by molar-refractivity contribution is 5.86. The van der Waals surface area contributed by atoms with Gasteiger partial charge in [-0.25, -0.2) is 4.39 Å². The Morgan fingerprint density at radius 1 is 1.47 bits per heavy atom. The maximum Gasteiger partial charge on any atom is 0.242 e. The van der Waals surface area contributed by atoms with Crippen molar-refractivity contribution in [3.8, 4) is 0 Å². The van der Waals surface area contributed by atoms with E-state index < -0.39 is 0 Å². The molecule has 0 saturated carbocycles. The molecule has 0 aliphatic carbocycles. The van der Waals surface area contributed by atoms with Crippen molar-refractivity contribution in [2.24, 2.45) is 0 Å². The highest BCUT2D eigenvalue weighted by Gasteiger charge is 2.23. The summed E-state index contributed by atoms with van der Waals surface area (Å²) in [5.41, 5.74) is 1.51. The van der Waals surface area contributed by atoms with Crippen LogP contribution in [0.1, 0.15) is 12.0 Å². The molecule has 1 aromatic carbocycles. The molecule has 1 saturated heterocycles. The van der Waals surface area contributed by atoms with E-state index in [1.807, 2.05) is 13.0 Å². The van der Waals surface area contributed by atoms with Crippen molar-refractivity contribution in [2.45, 2.75) is 19.4 Å². The number of hydrogen-bond donors (Lipinski definition) is 2. The summed E-state index contributed by atoms with van der Waals surface area (Å²) in [6.45, 7) is 2.51. The molecule has 4 heteroatoms. The van der Waals surface area contributed by atoms with Crippen LogP contribution in [0.3, 0.4) is 0 Å². The summed E-state index contributed by atoms with van der Waals surface area (Å²) in [5, 5.41) is 5.74. The zero-order valence-corrected chi connectivity index (χ0v) is 8.51. The number of halogens is 1. The molecule has 1 amide bonds. The summed E-state index contributed by atoms with van der Waals surface area (Å²) in [4.78, 5) is 11.3. The molecule has 1 fully saturated rings. The number of hydrogen-bond acceptors (Lipinski definition) is 2. The number of rotatable bonds is 2. The highest BCUT2D eigenvalue weighted by atomic mass is 19.1. The molecular formula is C11H13FN2O. The van der Waals surface area contributed by atoms with Crippen molar-refractivity contribution in [2.75, 3.05) is 11.9 Å². The van der Waals surface area contributed by atoms with Gasteiger partial charge in [0.1, 0.15) is 11.9 Å². The second-order valence-corrected chi connectivity index (χ2v) is 3.79. The van der Waals surface area contributed by atoms with Gasteiger partial charge in [-0.3, -0.25) is 4.79 Å². The fourth-order valence-electron chi connectivity index (χ4n) is 1.75. The Morgan fingerprint density at radius 3 is 2.87 bits per heavy atom. The molecule has 1 atom stereocenters. The molecule has 2 rings (SSSR count). The van der Waals surface area contributed by atoms with E-state index in [1.165, 1.54) is 12.1 Å². The van der Waals surface area contributed by atoms with E-state index in [9.17, 15) is 9.18 Å². The van der Waals surface area contributed by atoms with Crippen LogP contribution in [0, 0.1) is 12.7 Å². The van der Waals surface area contributed by atoms with Crippen LogP contribution in [-0.2, 0) is 4.79 Å². The molecule has 1 aliphatic heterocycles. The van der Waals surface area contributed by atoms with Gasteiger partial charge in [-0.2, -0.15) is 0 Å². The third-order valence-corrected chi connectivity index (χ3v) is 2.43. The molecule has 3 nitrogen and oxygen atoms in total. The molecule has 80 valence electrons. The zero-order chi connectivity index (χ0) is 10.8. The third-order valence-electron chi connectivity index (χ3n) is 2.43. The Morgan fingerprint density at radius 2 is 2.27 bits per heavy atom. The number of nitrogens with one attached hydrogen (secondary N) is 2. The topological polar surface area (TPSA) is 41.1 Å². The van der Waals surface area contributed by atoms with Crippen molar-refractivity contribution < 1.29 is 9.18 Å². The van der Waals surface area contributed by atoms with Crippen LogP contribution in [0.25, 0.3) is 0 Å². The first kappa shape index (κ1) is 9.96. The van der Waals surface area contributed by atoms with Gasteiger partial charge >= 0.3 is 0 Å². The van der Waals surface area contributed by atoms with E-state index in [1.54, 1.807) is 0 Å². The molecule has 15 heavy (non-hydrogen) atoms. The van der Waals surface area contributed by atoms with E-state index >= 15 is 0 Å². The lowest BCUT2D eigenvalue weighted by Crippen LogP contribution is -2.29. The van der Waals surface area contributed by atoms with Gasteiger partial charge in [0.15, 0.2) is 0 Å². The maximum absolute atomic E-state index is 13.1. The first-order valence-electron chi connectivity index (χ1n) is 4.96. The summed E-state index contributed by atoms with van der Waals surface area (Å²) in [5.74, 6) is -0.298. The van der Waals surface area contributed by atoms with Gasteiger partial charge in [-0.1, -0.05) is 0 Å². The van der Waals surface area contributed by atoms with Crippen molar-refractivity contribution >= 4 is 11.6 Å². The second kappa shape index (κ2) is 3.88. The largest absolute Gasteiger partial charge is 0.374 e. The molecule has 2 N–H and O–H groups in total. The summed E-state index contributed by atoms with van der Waals surface area (Å²) >= 11 is 0. The predicted molar refractivity (Wildman–Crippen MR) is 56.2 cm³/mol. The fraction of sp³-hybridized carbons (Fsp3) is 0.364. The van der Waals surface area contributed by atoms with Crippen LogP contribution < -0.4 is 10.6 Å². The minimum Gasteiger partial charge on any atom is -0.374 e. The first-order chi connectivity index (χ1) is 7.15. The molecule has 1 aromatic rings. The van der Waals surface area contributed by atoms with Crippen molar-refractivity contribution in [3.63, 3.8) is 0 Å². The molecule has 1 unspecified atom stereocenters. The fourth-order valence-corrected chi connectivity index (χ4v) is 1.75. The molecule has 0 aromatic heterocycles. The standard InChI is InChI=1S/C11H13FN2O/c1-7-4-8(12)6-9(5-7)14-10-2-3-13-11(10)15/h4-6,10,14H,2-3H2,1H3,(H,13,15). The van der Waals surface area contributed by atoms with Crippen molar-refractivity contribution in [3.05, 3.63) is 29.6 Å². The maximum atomic E-state index is 13.1. The zero-order valence-electron chi connectivity index (χ0n) is 8.51. The molecule has 1 heterocycles. The van der Waals surface area contributed by atoms with Crippen LogP contribution in [-0.4, -0.2) is 18.5 Å². The average Bonchev–Trinajstić information content (AvgIpc) is 2.50. The van der Waals surface area contributed by atoms with Gasteiger partial charge in [0, 0.05) is 12.2 Å². The quantitative estimate of drug-likeness (QED) is 0.772. The Labute approximate surface area is 87.7 Å². The molecular weight excluding hydrogens is 195 g/mol. The van der Waals surface area contributed by atoms with Crippen LogP contribution >= 0.6 is 0 Å². The highest BCUT2D eigenvalue weighted by Crippen LogP contribution is 2.16. The molecule has 0 bridgehead atoms. The van der Waals surface area contributed by atoms with Crippen LogP contribution in [0.15, 0.2) is 18.2 Å². The third kappa shape index (κ3) is 2.26. The molecule has 0 spiro atoms. The van der Waals surface area contributed by atoms with Crippen LogP contribution in [0.4, 0.5) is 10.1 Å². The number of carbonyl (C=O) groups is 1. The monoisotopic (exact) mass is 208 g/mol. The number of amides is 1. The lowest BCUT2D eigenvalue weighted by molar-refractivity contribution is -0.119. The SMILES string of the molecule is Cc1cc(F)cc(NC2CCNC2=O)c1. The normalized spacial score (nSPS) is 20.1. The number of benzene rings is 1. The molecule has 1 aliphatic rings. The summed E-state index contributed by atoms with van der Waals surface area (Å²) in [6, 6.07) is 4.46. The van der Waals surface area contributed by atoms with Gasteiger partial charge in [-0.15, -0.1) is 0 Å². The summed E-state index contributed by atoms with van der Waals surface area (Å²) in [7, 11) is 0. The Kier molecular flexibility index (Phi) is 2.58. The van der Waals surface area contributed by atoms with E-state index in [-0.39, 0.29) is 17.8 Å². The Bertz CT molecular complexity index is 372. The van der Waals surface area contributed by atoms with E-state index in [4.69, 9.17) is 0 Å². The van der Waals surface area contributed by atoms with Gasteiger partial charge in [0.25, 0.3) is 0 Å². The van der Waals surface area contributed by atoms with Crippen molar-refractivity contribution in [1.29, 1.82) is 0 Å². The van der Waals surface area contributed by atoms with Crippen LogP contribution in [0.2, 0.25) is 0 Å². The molecule has 0 radical (unpaired) electrons. The van der Waals surface area contributed by atoms with Gasteiger partial charge in [0.2, 0.25) is 5.91 Å². The Hall–Kier alpha value is -1.58. The minimum atomic E-state index is -0.282. The second-order valence-electron chi connectivity index (χ2n) is 3.79. The minimum absolute atomic E-state index is 0.0167. The van der Waals surface area contributed by atoms with Gasteiger partial charge in [-0.05, 0) is 37.1 Å². The van der Waals surface area contributed by atoms with E-state index in [0.717, 1.165) is 12.0 Å². The predicted octanol–water partition coefficient (Wildman–Crippen LogP) is 1.43. The summed E-state index contributed by atoms with van der Waals surface area (Å²) < 4.78 is 13.1. The smallest absolute Gasteiger partial charge is 0.242 e. The number of aryl methyl sites for hydroxylation is 1. The first-order valence-corrected chi connectivity index (χ1v) is 4.96. The van der Waals surface area contributed by atoms with Crippen molar-refractivity contribution in [1.82, 2.24) is 5.32 Å². The number of carbonyl (C=O) groups excluding carboxylic acids is 1. The van der Waals surface area contributed by atoms with Crippen LogP contribution in [0.5, 0.6) is 0 Å². The lowest BCUT2D eigenvalue weighted by atomic mass is 10.2. The Balaban J connectivity index is 2.13. The number of anilines is 1. The van der Waals surface area contributed by atoms with E-state index in [0.29, 0.717) is 12.2 Å². The average molecular weight is 208 g/mol.